The molecule has 0 bridgehead atoms. The van der Waals surface area contributed by atoms with Crippen LogP contribution >= 0.6 is 0 Å². The van der Waals surface area contributed by atoms with Crippen LogP contribution in [0.15, 0.2) is 0 Å². The lowest BCUT2D eigenvalue weighted by atomic mass is 9.96. The summed E-state index contributed by atoms with van der Waals surface area (Å²) in [6.45, 7) is 4.08. The van der Waals surface area contributed by atoms with Gasteiger partial charge in [0.15, 0.2) is 0 Å². The molecule has 0 aliphatic heterocycles. The first-order chi connectivity index (χ1) is 6.35. The van der Waals surface area contributed by atoms with Crippen molar-refractivity contribution in [3.05, 3.63) is 0 Å². The minimum atomic E-state index is -3.15. The Morgan fingerprint density at radius 3 is 1.93 bits per heavy atom. The predicted octanol–water partition coefficient (Wildman–Crippen LogP) is 0.641. The Morgan fingerprint density at radius 2 is 1.64 bits per heavy atom. The van der Waals surface area contributed by atoms with Crippen molar-refractivity contribution in [1.29, 1.82) is 0 Å². The van der Waals surface area contributed by atoms with E-state index >= 15 is 0 Å². The average Bonchev–Trinajstić information content (AvgIpc) is 2.05. The van der Waals surface area contributed by atoms with Gasteiger partial charge in [0.05, 0.1) is 5.75 Å². The monoisotopic (exact) mass is 222 g/mol. The lowest BCUT2D eigenvalue weighted by Gasteiger charge is -2.22. The smallest absolute Gasteiger partial charge is 0.215 e. The summed E-state index contributed by atoms with van der Waals surface area (Å²) < 4.78 is 24.3. The van der Waals surface area contributed by atoms with E-state index in [2.05, 4.69) is 0 Å². The Morgan fingerprint density at radius 1 is 1.21 bits per heavy atom. The predicted molar refractivity (Wildman–Crippen MR) is 59.5 cm³/mol. The van der Waals surface area contributed by atoms with Crippen LogP contribution in [-0.4, -0.2) is 38.6 Å². The number of sulfonamides is 1. The highest BCUT2D eigenvalue weighted by Crippen LogP contribution is 2.13. The molecular weight excluding hydrogens is 200 g/mol. The molecule has 1 atom stereocenters. The fraction of sp³-hybridized carbons (Fsp3) is 1.00. The lowest BCUT2D eigenvalue weighted by molar-refractivity contribution is 0.410. The summed E-state index contributed by atoms with van der Waals surface area (Å²) >= 11 is 0. The maximum absolute atomic E-state index is 11.5. The van der Waals surface area contributed by atoms with Gasteiger partial charge in [0.1, 0.15) is 0 Å². The van der Waals surface area contributed by atoms with Crippen LogP contribution in [0.3, 0.4) is 0 Å². The van der Waals surface area contributed by atoms with Crippen molar-refractivity contribution in [2.45, 2.75) is 32.7 Å². The standard InChI is InChI=1S/C9H22N2O2S/c1-5-8(6-2)9(10)7-14(12,13)11(3)4/h8-9H,5-7,10H2,1-4H3. The van der Waals surface area contributed by atoms with Gasteiger partial charge < -0.3 is 5.73 Å². The molecule has 0 rings (SSSR count). The zero-order chi connectivity index (χ0) is 11.4. The van der Waals surface area contributed by atoms with Crippen molar-refractivity contribution in [2.75, 3.05) is 19.8 Å². The Kier molecular flexibility index (Phi) is 5.63. The van der Waals surface area contributed by atoms with Gasteiger partial charge in [0.2, 0.25) is 10.0 Å². The summed E-state index contributed by atoms with van der Waals surface area (Å²) in [6.07, 6.45) is 1.86. The van der Waals surface area contributed by atoms with Crippen LogP contribution in [0.4, 0.5) is 0 Å². The van der Waals surface area contributed by atoms with Gasteiger partial charge in [0.25, 0.3) is 0 Å². The van der Waals surface area contributed by atoms with Gasteiger partial charge >= 0.3 is 0 Å². The van der Waals surface area contributed by atoms with Gasteiger partial charge in [0, 0.05) is 20.1 Å². The highest BCUT2D eigenvalue weighted by molar-refractivity contribution is 7.89. The van der Waals surface area contributed by atoms with Gasteiger partial charge in [-0.15, -0.1) is 0 Å². The Balaban J connectivity index is 4.38. The van der Waals surface area contributed by atoms with Crippen LogP contribution in [0, 0.1) is 5.92 Å². The third-order valence-electron chi connectivity index (χ3n) is 2.61. The third kappa shape index (κ3) is 3.94. The molecular formula is C9H22N2O2S. The van der Waals surface area contributed by atoms with E-state index in [1.165, 1.54) is 18.4 Å². The van der Waals surface area contributed by atoms with E-state index in [0.29, 0.717) is 5.92 Å². The first-order valence-corrected chi connectivity index (χ1v) is 6.61. The molecule has 0 spiro atoms. The highest BCUT2D eigenvalue weighted by atomic mass is 32.2. The second kappa shape index (κ2) is 5.68. The van der Waals surface area contributed by atoms with Crippen molar-refractivity contribution in [3.63, 3.8) is 0 Å². The number of hydrogen-bond acceptors (Lipinski definition) is 3. The van der Waals surface area contributed by atoms with Gasteiger partial charge in [-0.05, 0) is 5.92 Å². The molecule has 0 aromatic heterocycles. The molecule has 86 valence electrons. The largest absolute Gasteiger partial charge is 0.326 e. The van der Waals surface area contributed by atoms with Crippen molar-refractivity contribution in [2.24, 2.45) is 11.7 Å². The van der Waals surface area contributed by atoms with E-state index in [0.717, 1.165) is 12.8 Å². The molecule has 14 heavy (non-hydrogen) atoms. The molecule has 0 aliphatic rings. The van der Waals surface area contributed by atoms with Crippen molar-refractivity contribution in [3.8, 4) is 0 Å². The number of hydrogen-bond donors (Lipinski definition) is 1. The van der Waals surface area contributed by atoms with Crippen molar-refractivity contribution in [1.82, 2.24) is 4.31 Å². The minimum Gasteiger partial charge on any atom is -0.326 e. The van der Waals surface area contributed by atoms with E-state index in [1.807, 2.05) is 13.8 Å². The fourth-order valence-electron chi connectivity index (χ4n) is 1.42. The van der Waals surface area contributed by atoms with Gasteiger partial charge in [-0.3, -0.25) is 0 Å². The molecule has 0 aromatic carbocycles. The Bertz CT molecular complexity index is 246. The molecule has 5 heteroatoms. The Hall–Kier alpha value is -0.130. The summed E-state index contributed by atoms with van der Waals surface area (Å²) in [7, 11) is -0.0810. The molecule has 0 saturated carbocycles. The lowest BCUT2D eigenvalue weighted by Crippen LogP contribution is -2.40. The van der Waals surface area contributed by atoms with Crippen LogP contribution in [0.1, 0.15) is 26.7 Å². The normalized spacial score (nSPS) is 15.1. The van der Waals surface area contributed by atoms with E-state index in [1.54, 1.807) is 0 Å². The van der Waals surface area contributed by atoms with Crippen LogP contribution in [-0.2, 0) is 10.0 Å². The summed E-state index contributed by atoms with van der Waals surface area (Å²) in [4.78, 5) is 0. The second-order valence-electron chi connectivity index (χ2n) is 3.80. The molecule has 1 unspecified atom stereocenters. The van der Waals surface area contributed by atoms with E-state index in [9.17, 15) is 8.42 Å². The third-order valence-corrected chi connectivity index (χ3v) is 4.53. The van der Waals surface area contributed by atoms with Gasteiger partial charge in [-0.1, -0.05) is 26.7 Å². The maximum Gasteiger partial charge on any atom is 0.215 e. The fourth-order valence-corrected chi connectivity index (χ4v) is 2.48. The molecule has 0 aliphatic carbocycles. The number of rotatable bonds is 6. The average molecular weight is 222 g/mol. The zero-order valence-corrected chi connectivity index (χ0v) is 10.3. The molecule has 0 radical (unpaired) electrons. The summed E-state index contributed by atoms with van der Waals surface area (Å²) in [5.41, 5.74) is 5.86. The first kappa shape index (κ1) is 13.9. The molecule has 0 aromatic rings. The minimum absolute atomic E-state index is 0.0480. The quantitative estimate of drug-likeness (QED) is 0.717. The van der Waals surface area contributed by atoms with Crippen LogP contribution < -0.4 is 5.73 Å². The molecule has 2 N–H and O–H groups in total. The summed E-state index contributed by atoms with van der Waals surface area (Å²) in [6, 6.07) is -0.252. The number of nitrogens with zero attached hydrogens (tertiary/aromatic N) is 1. The zero-order valence-electron chi connectivity index (χ0n) is 9.53. The highest BCUT2D eigenvalue weighted by Gasteiger charge is 2.23. The van der Waals surface area contributed by atoms with Crippen molar-refractivity contribution >= 4 is 10.0 Å². The summed E-state index contributed by atoms with van der Waals surface area (Å²) in [5.74, 6) is 0.344. The summed E-state index contributed by atoms with van der Waals surface area (Å²) in [5, 5.41) is 0. The van der Waals surface area contributed by atoms with E-state index in [4.69, 9.17) is 5.73 Å². The molecule has 0 fully saturated rings. The maximum atomic E-state index is 11.5. The molecule has 0 saturated heterocycles. The Labute approximate surface area is 87.5 Å². The van der Waals surface area contributed by atoms with Crippen LogP contribution in [0.25, 0.3) is 0 Å². The van der Waals surface area contributed by atoms with Crippen LogP contribution in [0.2, 0.25) is 0 Å². The molecule has 0 heterocycles. The number of nitrogens with two attached hydrogens (primary N) is 1. The van der Waals surface area contributed by atoms with Gasteiger partial charge in [-0.25, -0.2) is 12.7 Å². The van der Waals surface area contributed by atoms with E-state index < -0.39 is 10.0 Å². The first-order valence-electron chi connectivity index (χ1n) is 5.00. The topological polar surface area (TPSA) is 63.4 Å². The second-order valence-corrected chi connectivity index (χ2v) is 6.03. The van der Waals surface area contributed by atoms with E-state index in [-0.39, 0.29) is 11.8 Å². The molecule has 0 amide bonds. The molecule has 4 nitrogen and oxygen atoms in total. The SMILES string of the molecule is CCC(CC)C(N)CS(=O)(=O)N(C)C. The van der Waals surface area contributed by atoms with Crippen LogP contribution in [0.5, 0.6) is 0 Å². The van der Waals surface area contributed by atoms with Crippen molar-refractivity contribution < 1.29 is 8.42 Å². The van der Waals surface area contributed by atoms with Gasteiger partial charge in [-0.2, -0.15) is 0 Å².